The summed E-state index contributed by atoms with van der Waals surface area (Å²) >= 11 is 0. The molecule has 0 aromatic carbocycles. The van der Waals surface area contributed by atoms with E-state index >= 15 is 0 Å². The minimum atomic E-state index is -0.451. The van der Waals surface area contributed by atoms with E-state index in [1.165, 1.54) is 7.11 Å². The summed E-state index contributed by atoms with van der Waals surface area (Å²) in [5.41, 5.74) is 2.05. The second-order valence-corrected chi connectivity index (χ2v) is 6.39. The number of hydrogen-bond acceptors (Lipinski definition) is 4. The van der Waals surface area contributed by atoms with Crippen LogP contribution in [0.25, 0.3) is 0 Å². The molecule has 7 heteroatoms. The summed E-state index contributed by atoms with van der Waals surface area (Å²) in [6.45, 7) is 9.27. The van der Waals surface area contributed by atoms with Crippen molar-refractivity contribution in [2.75, 3.05) is 33.3 Å². The van der Waals surface area contributed by atoms with Crippen molar-refractivity contribution in [3.63, 3.8) is 0 Å². The number of nitrogens with one attached hydrogen (secondary N) is 1. The third kappa shape index (κ3) is 3.29. The fourth-order valence-corrected chi connectivity index (χ4v) is 3.03. The minimum absolute atomic E-state index is 0.0387. The maximum absolute atomic E-state index is 12.7. The van der Waals surface area contributed by atoms with E-state index in [0.29, 0.717) is 48.7 Å². The van der Waals surface area contributed by atoms with Gasteiger partial charge in [-0.05, 0) is 19.4 Å². The lowest BCUT2D eigenvalue weighted by Gasteiger charge is -2.35. The van der Waals surface area contributed by atoms with Gasteiger partial charge >= 0.3 is 5.97 Å². The zero-order chi connectivity index (χ0) is 18.0. The number of carbonyl (C=O) groups is 3. The van der Waals surface area contributed by atoms with Crippen molar-refractivity contribution in [2.24, 2.45) is 5.92 Å². The molecule has 0 radical (unpaired) electrons. The number of amides is 2. The number of aromatic nitrogens is 1. The number of methoxy groups -OCH3 is 1. The molecular weight excluding hydrogens is 310 g/mol. The molecule has 0 aliphatic carbocycles. The van der Waals surface area contributed by atoms with E-state index in [0.717, 1.165) is 0 Å². The van der Waals surface area contributed by atoms with Gasteiger partial charge < -0.3 is 19.5 Å². The van der Waals surface area contributed by atoms with Crippen molar-refractivity contribution in [1.29, 1.82) is 0 Å². The molecule has 2 rings (SSSR count). The number of nitrogens with zero attached hydrogens (tertiary/aromatic N) is 2. The van der Waals surface area contributed by atoms with Crippen LogP contribution in [0.3, 0.4) is 0 Å². The normalized spacial score (nSPS) is 14.9. The Morgan fingerprint density at radius 2 is 1.58 bits per heavy atom. The highest BCUT2D eigenvalue weighted by molar-refractivity contribution is 6.00. The van der Waals surface area contributed by atoms with E-state index in [1.807, 2.05) is 13.8 Å². The number of aromatic amines is 1. The van der Waals surface area contributed by atoms with Gasteiger partial charge in [0.15, 0.2) is 0 Å². The Balaban J connectivity index is 2.12. The predicted molar refractivity (Wildman–Crippen MR) is 88.9 cm³/mol. The first kappa shape index (κ1) is 18.0. The van der Waals surface area contributed by atoms with Crippen LogP contribution in [0, 0.1) is 19.8 Å². The van der Waals surface area contributed by atoms with Gasteiger partial charge in [-0.15, -0.1) is 0 Å². The number of carbonyl (C=O) groups excluding carboxylic acids is 3. The van der Waals surface area contributed by atoms with Crippen molar-refractivity contribution in [3.8, 4) is 0 Å². The molecule has 1 aromatic heterocycles. The Morgan fingerprint density at radius 3 is 2.08 bits per heavy atom. The Hall–Kier alpha value is -2.31. The average molecular weight is 335 g/mol. The van der Waals surface area contributed by atoms with E-state index in [1.54, 1.807) is 23.6 Å². The van der Waals surface area contributed by atoms with Gasteiger partial charge in [0.25, 0.3) is 5.91 Å². The number of aryl methyl sites for hydroxylation is 1. The molecule has 0 saturated carbocycles. The van der Waals surface area contributed by atoms with E-state index in [2.05, 4.69) is 4.98 Å². The van der Waals surface area contributed by atoms with Crippen LogP contribution in [-0.4, -0.2) is 65.9 Å². The van der Waals surface area contributed by atoms with Gasteiger partial charge in [0, 0.05) is 37.8 Å². The molecule has 1 aromatic rings. The maximum atomic E-state index is 12.7. The first-order valence-electron chi connectivity index (χ1n) is 8.13. The molecule has 7 nitrogen and oxygen atoms in total. The van der Waals surface area contributed by atoms with Gasteiger partial charge in [-0.3, -0.25) is 9.59 Å². The third-order valence-electron chi connectivity index (χ3n) is 4.41. The van der Waals surface area contributed by atoms with Crippen molar-refractivity contribution >= 4 is 17.8 Å². The molecule has 0 bridgehead atoms. The van der Waals surface area contributed by atoms with E-state index in [4.69, 9.17) is 4.74 Å². The van der Waals surface area contributed by atoms with Crippen LogP contribution in [0.4, 0.5) is 0 Å². The van der Waals surface area contributed by atoms with Crippen LogP contribution in [0.15, 0.2) is 0 Å². The molecule has 132 valence electrons. The first-order valence-corrected chi connectivity index (χ1v) is 8.13. The monoisotopic (exact) mass is 335 g/mol. The lowest BCUT2D eigenvalue weighted by molar-refractivity contribution is -0.135. The zero-order valence-electron chi connectivity index (χ0n) is 14.9. The quantitative estimate of drug-likeness (QED) is 0.846. The van der Waals surface area contributed by atoms with Crippen molar-refractivity contribution in [2.45, 2.75) is 27.7 Å². The molecule has 1 saturated heterocycles. The van der Waals surface area contributed by atoms with Crippen LogP contribution in [-0.2, 0) is 9.53 Å². The molecule has 0 unspecified atom stereocenters. The van der Waals surface area contributed by atoms with Gasteiger partial charge in [-0.2, -0.15) is 0 Å². The molecule has 24 heavy (non-hydrogen) atoms. The smallest absolute Gasteiger partial charge is 0.339 e. The van der Waals surface area contributed by atoms with Crippen molar-refractivity contribution in [1.82, 2.24) is 14.8 Å². The summed E-state index contributed by atoms with van der Waals surface area (Å²) in [6, 6.07) is 0. The molecule has 1 aliphatic rings. The molecule has 1 N–H and O–H groups in total. The number of H-pyrrole nitrogens is 1. The van der Waals surface area contributed by atoms with Crippen molar-refractivity contribution in [3.05, 3.63) is 22.5 Å². The Labute approximate surface area is 141 Å². The van der Waals surface area contributed by atoms with Gasteiger partial charge in [0.05, 0.1) is 12.7 Å². The summed E-state index contributed by atoms with van der Waals surface area (Å²) in [7, 11) is 1.32. The SMILES string of the molecule is COC(=O)c1c(C)[nH]c(C(=O)N2CCN(C(=O)C(C)C)CC2)c1C. The van der Waals surface area contributed by atoms with Gasteiger partial charge in [0.1, 0.15) is 5.69 Å². The van der Waals surface area contributed by atoms with Gasteiger partial charge in [-0.1, -0.05) is 13.8 Å². The van der Waals surface area contributed by atoms with Crippen molar-refractivity contribution < 1.29 is 19.1 Å². The van der Waals surface area contributed by atoms with Crippen LogP contribution >= 0.6 is 0 Å². The summed E-state index contributed by atoms with van der Waals surface area (Å²) in [5.74, 6) is -0.528. The number of esters is 1. The summed E-state index contributed by atoms with van der Waals surface area (Å²) < 4.78 is 4.77. The van der Waals surface area contributed by atoms with E-state index in [9.17, 15) is 14.4 Å². The average Bonchev–Trinajstić information content (AvgIpc) is 2.87. The van der Waals surface area contributed by atoms with Crippen LogP contribution < -0.4 is 0 Å². The number of ether oxygens (including phenoxy) is 1. The Kier molecular flexibility index (Phi) is 5.31. The highest BCUT2D eigenvalue weighted by Crippen LogP contribution is 2.21. The fraction of sp³-hybridized carbons (Fsp3) is 0.588. The first-order chi connectivity index (χ1) is 11.3. The summed E-state index contributed by atoms with van der Waals surface area (Å²) in [5, 5.41) is 0. The van der Waals surface area contributed by atoms with Crippen LogP contribution in [0.5, 0.6) is 0 Å². The molecule has 0 atom stereocenters. The standard InChI is InChI=1S/C17H25N3O4/c1-10(2)15(21)19-6-8-20(9-7-19)16(22)14-11(3)13(12(4)18-14)17(23)24-5/h10,18H,6-9H2,1-5H3. The lowest BCUT2D eigenvalue weighted by atomic mass is 10.1. The number of rotatable bonds is 3. The highest BCUT2D eigenvalue weighted by Gasteiger charge is 2.29. The predicted octanol–water partition coefficient (Wildman–Crippen LogP) is 1.36. The third-order valence-corrected chi connectivity index (χ3v) is 4.41. The second kappa shape index (κ2) is 7.07. The largest absolute Gasteiger partial charge is 0.465 e. The van der Waals surface area contributed by atoms with Gasteiger partial charge in [0.2, 0.25) is 5.91 Å². The molecule has 2 heterocycles. The topological polar surface area (TPSA) is 82.7 Å². The fourth-order valence-electron chi connectivity index (χ4n) is 3.03. The van der Waals surface area contributed by atoms with Crippen LogP contribution in [0.1, 0.15) is 46.0 Å². The lowest BCUT2D eigenvalue weighted by Crippen LogP contribution is -2.51. The summed E-state index contributed by atoms with van der Waals surface area (Å²) in [4.78, 5) is 43.1. The molecule has 1 fully saturated rings. The van der Waals surface area contributed by atoms with E-state index < -0.39 is 5.97 Å². The summed E-state index contributed by atoms with van der Waals surface area (Å²) in [6.07, 6.45) is 0. The Morgan fingerprint density at radius 1 is 1.04 bits per heavy atom. The second-order valence-electron chi connectivity index (χ2n) is 6.39. The molecular formula is C17H25N3O4. The molecule has 1 aliphatic heterocycles. The number of hydrogen-bond donors (Lipinski definition) is 1. The van der Waals surface area contributed by atoms with Gasteiger partial charge in [-0.25, -0.2) is 4.79 Å². The molecule has 0 spiro atoms. The highest BCUT2D eigenvalue weighted by atomic mass is 16.5. The maximum Gasteiger partial charge on any atom is 0.339 e. The number of piperazine rings is 1. The van der Waals surface area contributed by atoms with E-state index in [-0.39, 0.29) is 17.7 Å². The Bertz CT molecular complexity index is 655. The molecule has 2 amide bonds. The zero-order valence-corrected chi connectivity index (χ0v) is 14.9. The minimum Gasteiger partial charge on any atom is -0.465 e. The van der Waals surface area contributed by atoms with Crippen LogP contribution in [0.2, 0.25) is 0 Å².